The number of likely N-dealkylation sites (N-methyl/N-ethyl adjacent to an activating group) is 1. The van der Waals surface area contributed by atoms with Gasteiger partial charge in [0.05, 0.1) is 11.4 Å². The number of rotatable bonds is 6. The Bertz CT molecular complexity index is 931. The lowest BCUT2D eigenvalue weighted by Gasteiger charge is -2.25. The average molecular weight is 392 g/mol. The minimum Gasteiger partial charge on any atom is -0.447 e. The van der Waals surface area contributed by atoms with E-state index in [2.05, 4.69) is 0 Å². The summed E-state index contributed by atoms with van der Waals surface area (Å²) < 4.78 is 45.3. The third kappa shape index (κ3) is 4.12. The summed E-state index contributed by atoms with van der Waals surface area (Å²) in [6, 6.07) is 11.9. The zero-order valence-electron chi connectivity index (χ0n) is 15.1. The van der Waals surface area contributed by atoms with Gasteiger partial charge in [-0.1, -0.05) is 12.1 Å². The number of carbonyl (C=O) groups is 1. The Morgan fingerprint density at radius 2 is 1.93 bits per heavy atom. The first-order valence-electron chi connectivity index (χ1n) is 8.56. The van der Waals surface area contributed by atoms with Gasteiger partial charge in [0.2, 0.25) is 10.0 Å². The fraction of sp³-hybridized carbons (Fsp3) is 0.316. The van der Waals surface area contributed by atoms with Crippen molar-refractivity contribution >= 4 is 21.8 Å². The van der Waals surface area contributed by atoms with E-state index in [1.807, 2.05) is 0 Å². The second kappa shape index (κ2) is 7.66. The van der Waals surface area contributed by atoms with Gasteiger partial charge >= 0.3 is 6.09 Å². The molecule has 2 aromatic rings. The van der Waals surface area contributed by atoms with Crippen molar-refractivity contribution in [3.05, 3.63) is 59.9 Å². The maximum atomic E-state index is 13.3. The molecule has 0 bridgehead atoms. The van der Waals surface area contributed by atoms with Crippen LogP contribution in [0.2, 0.25) is 0 Å². The maximum Gasteiger partial charge on any atom is 0.414 e. The second-order valence-electron chi connectivity index (χ2n) is 6.46. The first-order valence-corrected chi connectivity index (χ1v) is 10.00. The van der Waals surface area contributed by atoms with E-state index in [0.717, 1.165) is 5.56 Å². The summed E-state index contributed by atoms with van der Waals surface area (Å²) in [5.41, 5.74) is 1.32. The van der Waals surface area contributed by atoms with Crippen molar-refractivity contribution in [2.75, 3.05) is 25.1 Å². The number of sulfonamides is 1. The molecule has 1 fully saturated rings. The van der Waals surface area contributed by atoms with Crippen LogP contribution in [0, 0.1) is 5.82 Å². The fourth-order valence-corrected chi connectivity index (χ4v) is 4.32. The topological polar surface area (TPSA) is 66.9 Å². The Balaban J connectivity index is 1.75. The summed E-state index contributed by atoms with van der Waals surface area (Å²) in [5, 5.41) is 0. The lowest BCUT2D eigenvalue weighted by molar-refractivity contribution is 0.181. The predicted molar refractivity (Wildman–Crippen MR) is 99.7 cm³/mol. The molecule has 3 rings (SSSR count). The van der Waals surface area contributed by atoms with E-state index in [4.69, 9.17) is 4.74 Å². The Labute approximate surface area is 158 Å². The number of anilines is 1. The van der Waals surface area contributed by atoms with E-state index in [-0.39, 0.29) is 16.8 Å². The molecule has 1 aliphatic rings. The number of halogens is 1. The quantitative estimate of drug-likeness (QED) is 0.758. The van der Waals surface area contributed by atoms with Crippen LogP contribution >= 0.6 is 0 Å². The number of ether oxygens (including phenoxy) is 1. The van der Waals surface area contributed by atoms with Crippen molar-refractivity contribution in [1.82, 2.24) is 4.31 Å². The number of hydrogen-bond donors (Lipinski definition) is 0. The zero-order chi connectivity index (χ0) is 19.6. The summed E-state index contributed by atoms with van der Waals surface area (Å²) in [7, 11) is -2.21. The van der Waals surface area contributed by atoms with Crippen LogP contribution in [-0.2, 0) is 21.2 Å². The highest BCUT2D eigenvalue weighted by molar-refractivity contribution is 7.89. The van der Waals surface area contributed by atoms with Crippen molar-refractivity contribution in [2.45, 2.75) is 24.3 Å². The van der Waals surface area contributed by atoms with E-state index in [1.54, 1.807) is 31.2 Å². The molecule has 1 saturated heterocycles. The van der Waals surface area contributed by atoms with Gasteiger partial charge in [-0.3, -0.25) is 4.90 Å². The lowest BCUT2D eigenvalue weighted by Crippen LogP contribution is -2.36. The second-order valence-corrected chi connectivity index (χ2v) is 8.46. The number of carbonyl (C=O) groups excluding carboxylic acids is 1. The molecule has 8 heteroatoms. The molecule has 1 atom stereocenters. The largest absolute Gasteiger partial charge is 0.447 e. The molecule has 0 spiro atoms. The highest BCUT2D eigenvalue weighted by Crippen LogP contribution is 2.24. The first kappa shape index (κ1) is 19.3. The van der Waals surface area contributed by atoms with Crippen molar-refractivity contribution in [3.8, 4) is 0 Å². The molecule has 0 radical (unpaired) electrons. The molecular formula is C19H21FN2O4S. The number of hydrogen-bond acceptors (Lipinski definition) is 4. The fourth-order valence-electron chi connectivity index (χ4n) is 2.96. The maximum absolute atomic E-state index is 13.3. The molecule has 6 nitrogen and oxygen atoms in total. The molecule has 144 valence electrons. The van der Waals surface area contributed by atoms with Crippen LogP contribution in [-0.4, -0.2) is 45.1 Å². The van der Waals surface area contributed by atoms with E-state index in [9.17, 15) is 17.6 Å². The van der Waals surface area contributed by atoms with Crippen molar-refractivity contribution < 1.29 is 22.3 Å². The Kier molecular flexibility index (Phi) is 5.48. The molecule has 2 aromatic carbocycles. The van der Waals surface area contributed by atoms with E-state index >= 15 is 0 Å². The Morgan fingerprint density at radius 3 is 2.52 bits per heavy atom. The van der Waals surface area contributed by atoms with Crippen LogP contribution in [0.4, 0.5) is 14.9 Å². The molecule has 27 heavy (non-hydrogen) atoms. The average Bonchev–Trinajstić information content (AvgIpc) is 3.07. The molecule has 0 saturated carbocycles. The van der Waals surface area contributed by atoms with Crippen LogP contribution in [0.5, 0.6) is 0 Å². The molecule has 1 aliphatic heterocycles. The zero-order valence-corrected chi connectivity index (χ0v) is 15.9. The van der Waals surface area contributed by atoms with Crippen LogP contribution in [0.1, 0.15) is 12.5 Å². The predicted octanol–water partition coefficient (Wildman–Crippen LogP) is 3.03. The summed E-state index contributed by atoms with van der Waals surface area (Å²) >= 11 is 0. The SMILES string of the molecule is CC(Cc1cccc(F)c1)N(C)S(=O)(=O)c1ccc(N2CCOC2=O)cc1. The lowest BCUT2D eigenvalue weighted by atomic mass is 10.1. The van der Waals surface area contributed by atoms with E-state index in [0.29, 0.717) is 25.3 Å². The highest BCUT2D eigenvalue weighted by atomic mass is 32.2. The summed E-state index contributed by atoms with van der Waals surface area (Å²) in [5.74, 6) is -0.346. The Morgan fingerprint density at radius 1 is 1.22 bits per heavy atom. The third-order valence-corrected chi connectivity index (χ3v) is 6.61. The van der Waals surface area contributed by atoms with Gasteiger partial charge in [-0.2, -0.15) is 4.31 Å². The van der Waals surface area contributed by atoms with Crippen molar-refractivity contribution in [3.63, 3.8) is 0 Å². The van der Waals surface area contributed by atoms with Crippen LogP contribution in [0.25, 0.3) is 0 Å². The molecule has 0 aliphatic carbocycles. The first-order chi connectivity index (χ1) is 12.8. The van der Waals surface area contributed by atoms with Crippen molar-refractivity contribution in [2.24, 2.45) is 0 Å². The molecule has 1 heterocycles. The van der Waals surface area contributed by atoms with Gasteiger partial charge < -0.3 is 4.74 Å². The number of benzene rings is 2. The van der Waals surface area contributed by atoms with E-state index in [1.165, 1.54) is 40.5 Å². The van der Waals surface area contributed by atoms with Gasteiger partial charge in [0, 0.05) is 18.8 Å². The van der Waals surface area contributed by atoms with Gasteiger partial charge in [0.1, 0.15) is 12.4 Å². The number of cyclic esters (lactones) is 1. The van der Waals surface area contributed by atoms with Gasteiger partial charge in [-0.15, -0.1) is 0 Å². The van der Waals surface area contributed by atoms with E-state index < -0.39 is 16.1 Å². The van der Waals surface area contributed by atoms with Crippen LogP contribution in [0.3, 0.4) is 0 Å². The smallest absolute Gasteiger partial charge is 0.414 e. The minimum atomic E-state index is -3.72. The monoisotopic (exact) mass is 392 g/mol. The molecular weight excluding hydrogens is 371 g/mol. The van der Waals surface area contributed by atoms with Crippen molar-refractivity contribution in [1.29, 1.82) is 0 Å². The normalized spacial score (nSPS) is 15.9. The van der Waals surface area contributed by atoms with Gasteiger partial charge in [-0.05, 0) is 55.3 Å². The summed E-state index contributed by atoms with van der Waals surface area (Å²) in [4.78, 5) is 13.2. The standard InChI is InChI=1S/C19H21FN2O4S/c1-14(12-15-4-3-5-16(20)13-15)21(2)27(24,25)18-8-6-17(7-9-18)22-10-11-26-19(22)23/h3-9,13-14H,10-12H2,1-2H3. The minimum absolute atomic E-state index is 0.132. The molecule has 1 unspecified atom stereocenters. The van der Waals surface area contributed by atoms with Crippen LogP contribution < -0.4 is 4.90 Å². The molecule has 1 amide bonds. The Hall–Kier alpha value is -2.45. The van der Waals surface area contributed by atoms with Gasteiger partial charge in [0.15, 0.2) is 0 Å². The molecule has 0 aromatic heterocycles. The van der Waals surface area contributed by atoms with Gasteiger partial charge in [0.25, 0.3) is 0 Å². The summed E-state index contributed by atoms with van der Waals surface area (Å²) in [6.07, 6.45) is -0.0444. The summed E-state index contributed by atoms with van der Waals surface area (Å²) in [6.45, 7) is 2.53. The highest BCUT2D eigenvalue weighted by Gasteiger charge is 2.27. The third-order valence-electron chi connectivity index (χ3n) is 4.63. The van der Waals surface area contributed by atoms with Gasteiger partial charge in [-0.25, -0.2) is 17.6 Å². The number of amides is 1. The van der Waals surface area contributed by atoms with Crippen LogP contribution in [0.15, 0.2) is 53.4 Å². The molecule has 0 N–H and O–H groups in total. The number of nitrogens with zero attached hydrogens (tertiary/aromatic N) is 2.